The first kappa shape index (κ1) is 18.2. The third kappa shape index (κ3) is 3.93. The fraction of sp³-hybridized carbons (Fsp3) is 0.650. The predicted molar refractivity (Wildman–Crippen MR) is 104 cm³/mol. The SMILES string of the molecule is CCCn1nc(C(=O)N2CCCCC2)c2c1CCC(NCc1cnc[nH]1)C2. The van der Waals surface area contributed by atoms with Gasteiger partial charge in [0.25, 0.3) is 5.91 Å². The van der Waals surface area contributed by atoms with E-state index in [9.17, 15) is 4.79 Å². The van der Waals surface area contributed by atoms with Crippen molar-refractivity contribution in [1.29, 1.82) is 0 Å². The van der Waals surface area contributed by atoms with E-state index in [2.05, 4.69) is 26.9 Å². The average Bonchev–Trinajstić information content (AvgIpc) is 3.35. The van der Waals surface area contributed by atoms with E-state index in [1.807, 2.05) is 11.1 Å². The summed E-state index contributed by atoms with van der Waals surface area (Å²) in [5, 5.41) is 8.40. The third-order valence-electron chi connectivity index (χ3n) is 5.76. The molecule has 1 atom stereocenters. The van der Waals surface area contributed by atoms with Crippen LogP contribution in [0.3, 0.4) is 0 Å². The van der Waals surface area contributed by atoms with Crippen LogP contribution in [-0.2, 0) is 25.9 Å². The second-order valence-electron chi connectivity index (χ2n) is 7.75. The zero-order valence-corrected chi connectivity index (χ0v) is 16.2. The Bertz CT molecular complexity index is 760. The van der Waals surface area contributed by atoms with Crippen molar-refractivity contribution in [3.63, 3.8) is 0 Å². The summed E-state index contributed by atoms with van der Waals surface area (Å²) in [5.41, 5.74) is 4.24. The second kappa shape index (κ2) is 8.25. The molecule has 7 heteroatoms. The second-order valence-corrected chi connectivity index (χ2v) is 7.75. The van der Waals surface area contributed by atoms with E-state index in [4.69, 9.17) is 5.10 Å². The van der Waals surface area contributed by atoms with Gasteiger partial charge < -0.3 is 15.2 Å². The molecule has 1 amide bonds. The Kier molecular flexibility index (Phi) is 5.57. The van der Waals surface area contributed by atoms with Crippen molar-refractivity contribution in [2.45, 2.75) is 71.0 Å². The van der Waals surface area contributed by atoms with Crippen LogP contribution in [0, 0.1) is 0 Å². The molecule has 0 saturated carbocycles. The zero-order valence-electron chi connectivity index (χ0n) is 16.2. The minimum atomic E-state index is 0.134. The van der Waals surface area contributed by atoms with Crippen LogP contribution in [0.5, 0.6) is 0 Å². The lowest BCUT2D eigenvalue weighted by atomic mass is 9.90. The molecular formula is C20H30N6O. The van der Waals surface area contributed by atoms with Crippen LogP contribution in [0.15, 0.2) is 12.5 Å². The molecule has 0 aromatic carbocycles. The van der Waals surface area contributed by atoms with Crippen LogP contribution in [0.25, 0.3) is 0 Å². The molecule has 2 aromatic heterocycles. The van der Waals surface area contributed by atoms with Gasteiger partial charge in [0.2, 0.25) is 0 Å². The van der Waals surface area contributed by atoms with Gasteiger partial charge in [-0.3, -0.25) is 9.48 Å². The Balaban J connectivity index is 1.53. The smallest absolute Gasteiger partial charge is 0.274 e. The van der Waals surface area contributed by atoms with E-state index < -0.39 is 0 Å². The fourth-order valence-corrected chi connectivity index (χ4v) is 4.31. The minimum absolute atomic E-state index is 0.134. The average molecular weight is 371 g/mol. The molecule has 3 heterocycles. The van der Waals surface area contributed by atoms with Crippen molar-refractivity contribution in [2.75, 3.05) is 13.1 Å². The van der Waals surface area contributed by atoms with Gasteiger partial charge in [0.05, 0.1) is 6.33 Å². The summed E-state index contributed by atoms with van der Waals surface area (Å²) in [6.45, 7) is 5.57. The highest BCUT2D eigenvalue weighted by molar-refractivity contribution is 5.94. The number of H-pyrrole nitrogens is 1. The van der Waals surface area contributed by atoms with Crippen molar-refractivity contribution in [3.05, 3.63) is 35.2 Å². The van der Waals surface area contributed by atoms with Gasteiger partial charge in [-0.15, -0.1) is 0 Å². The number of likely N-dealkylation sites (tertiary alicyclic amines) is 1. The summed E-state index contributed by atoms with van der Waals surface area (Å²) in [4.78, 5) is 22.4. The topological polar surface area (TPSA) is 78.8 Å². The lowest BCUT2D eigenvalue weighted by molar-refractivity contribution is 0.0716. The van der Waals surface area contributed by atoms with Crippen LogP contribution in [0.1, 0.15) is 66.5 Å². The summed E-state index contributed by atoms with van der Waals surface area (Å²) in [6, 6.07) is 0.369. The highest BCUT2D eigenvalue weighted by Gasteiger charge is 2.31. The number of imidazole rings is 1. The molecule has 7 nitrogen and oxygen atoms in total. The molecule has 0 spiro atoms. The summed E-state index contributed by atoms with van der Waals surface area (Å²) in [7, 11) is 0. The number of piperidine rings is 1. The number of aromatic amines is 1. The first-order valence-corrected chi connectivity index (χ1v) is 10.3. The van der Waals surface area contributed by atoms with Gasteiger partial charge in [0, 0.05) is 55.4 Å². The molecule has 2 aliphatic rings. The maximum atomic E-state index is 13.2. The van der Waals surface area contributed by atoms with Crippen LogP contribution in [0.2, 0.25) is 0 Å². The molecular weight excluding hydrogens is 340 g/mol. The largest absolute Gasteiger partial charge is 0.347 e. The van der Waals surface area contributed by atoms with Crippen molar-refractivity contribution in [1.82, 2.24) is 30.0 Å². The molecule has 1 fully saturated rings. The number of amides is 1. The molecule has 146 valence electrons. The molecule has 27 heavy (non-hydrogen) atoms. The first-order chi connectivity index (χ1) is 13.3. The number of hydrogen-bond donors (Lipinski definition) is 2. The Morgan fingerprint density at radius 1 is 1.33 bits per heavy atom. The molecule has 1 aliphatic carbocycles. The molecule has 1 saturated heterocycles. The number of nitrogens with one attached hydrogen (secondary N) is 2. The predicted octanol–water partition coefficient (Wildman–Crippen LogP) is 2.29. The van der Waals surface area contributed by atoms with Gasteiger partial charge in [-0.25, -0.2) is 4.98 Å². The van der Waals surface area contributed by atoms with Gasteiger partial charge in [-0.1, -0.05) is 6.92 Å². The van der Waals surface area contributed by atoms with Crippen molar-refractivity contribution in [2.24, 2.45) is 0 Å². The lowest BCUT2D eigenvalue weighted by Crippen LogP contribution is -2.38. The number of hydrogen-bond acceptors (Lipinski definition) is 4. The van der Waals surface area contributed by atoms with Crippen molar-refractivity contribution >= 4 is 5.91 Å². The standard InChI is InChI=1S/C20H30N6O/c1-2-8-26-18-7-6-15(22-13-16-12-21-14-23-16)11-17(18)19(24-26)20(27)25-9-4-3-5-10-25/h12,14-15,22H,2-11,13H2,1H3,(H,21,23). The van der Waals surface area contributed by atoms with Crippen molar-refractivity contribution in [3.8, 4) is 0 Å². The van der Waals surface area contributed by atoms with E-state index >= 15 is 0 Å². The highest BCUT2D eigenvalue weighted by atomic mass is 16.2. The fourth-order valence-electron chi connectivity index (χ4n) is 4.31. The highest BCUT2D eigenvalue weighted by Crippen LogP contribution is 2.27. The molecule has 0 radical (unpaired) electrons. The molecule has 4 rings (SSSR count). The Labute approximate surface area is 160 Å². The monoisotopic (exact) mass is 370 g/mol. The van der Waals surface area contributed by atoms with Gasteiger partial charge in [-0.05, 0) is 44.9 Å². The van der Waals surface area contributed by atoms with Crippen molar-refractivity contribution < 1.29 is 4.79 Å². The molecule has 2 aromatic rings. The molecule has 1 unspecified atom stereocenters. The van der Waals surface area contributed by atoms with Crippen LogP contribution >= 0.6 is 0 Å². The number of nitrogens with zero attached hydrogens (tertiary/aromatic N) is 4. The zero-order chi connectivity index (χ0) is 18.6. The number of carbonyl (C=O) groups is 1. The summed E-state index contributed by atoms with van der Waals surface area (Å²) >= 11 is 0. The number of carbonyl (C=O) groups excluding carboxylic acids is 1. The van der Waals surface area contributed by atoms with Crippen LogP contribution in [-0.4, -0.2) is 49.7 Å². The van der Waals surface area contributed by atoms with Crippen LogP contribution in [0.4, 0.5) is 0 Å². The lowest BCUT2D eigenvalue weighted by Gasteiger charge is -2.27. The number of fused-ring (bicyclic) bond motifs is 1. The summed E-state index contributed by atoms with van der Waals surface area (Å²) in [6.07, 6.45) is 11.0. The molecule has 0 bridgehead atoms. The summed E-state index contributed by atoms with van der Waals surface area (Å²) in [5.74, 6) is 0.134. The van der Waals surface area contributed by atoms with Gasteiger partial charge in [0.1, 0.15) is 0 Å². The third-order valence-corrected chi connectivity index (χ3v) is 5.76. The van der Waals surface area contributed by atoms with Gasteiger partial charge >= 0.3 is 0 Å². The van der Waals surface area contributed by atoms with E-state index in [-0.39, 0.29) is 5.91 Å². The normalized spacial score (nSPS) is 19.9. The molecule has 2 N–H and O–H groups in total. The van der Waals surface area contributed by atoms with Gasteiger partial charge in [0.15, 0.2) is 5.69 Å². The Morgan fingerprint density at radius 3 is 2.93 bits per heavy atom. The maximum absolute atomic E-state index is 13.2. The van der Waals surface area contributed by atoms with Crippen LogP contribution < -0.4 is 5.32 Å². The Morgan fingerprint density at radius 2 is 2.19 bits per heavy atom. The number of aryl methyl sites for hydroxylation is 1. The maximum Gasteiger partial charge on any atom is 0.274 e. The Hall–Kier alpha value is -2.15. The minimum Gasteiger partial charge on any atom is -0.347 e. The molecule has 1 aliphatic heterocycles. The number of aromatic nitrogens is 4. The van der Waals surface area contributed by atoms with E-state index in [1.165, 1.54) is 17.7 Å². The van der Waals surface area contributed by atoms with E-state index in [0.717, 1.165) is 70.4 Å². The quantitative estimate of drug-likeness (QED) is 0.818. The number of rotatable bonds is 6. The first-order valence-electron chi connectivity index (χ1n) is 10.3. The van der Waals surface area contributed by atoms with E-state index in [1.54, 1.807) is 6.33 Å². The van der Waals surface area contributed by atoms with Gasteiger partial charge in [-0.2, -0.15) is 5.10 Å². The van der Waals surface area contributed by atoms with E-state index in [0.29, 0.717) is 11.7 Å². The summed E-state index contributed by atoms with van der Waals surface area (Å²) < 4.78 is 2.09.